The smallest absolute Gasteiger partial charge is 0.0737 e. The van der Waals surface area contributed by atoms with E-state index in [4.69, 9.17) is 11.6 Å². The monoisotopic (exact) mass is 401 g/mol. The van der Waals surface area contributed by atoms with Gasteiger partial charge in [0.05, 0.1) is 5.52 Å². The molecule has 29 heavy (non-hydrogen) atoms. The van der Waals surface area contributed by atoms with E-state index < -0.39 is 0 Å². The van der Waals surface area contributed by atoms with Crippen LogP contribution < -0.4 is 10.6 Å². The van der Waals surface area contributed by atoms with Crippen molar-refractivity contribution in [1.29, 1.82) is 0 Å². The van der Waals surface area contributed by atoms with Gasteiger partial charge < -0.3 is 10.6 Å². The second-order valence-corrected chi connectivity index (χ2v) is 7.58. The third-order valence-electron chi connectivity index (χ3n) is 5.20. The van der Waals surface area contributed by atoms with Crippen LogP contribution in [0.15, 0.2) is 85.1 Å². The third-order valence-corrected chi connectivity index (χ3v) is 5.44. The summed E-state index contributed by atoms with van der Waals surface area (Å²) in [6.07, 6.45) is 2.78. The van der Waals surface area contributed by atoms with Crippen LogP contribution in [0.4, 0.5) is 5.69 Å². The standard InChI is InChI=1S/C25H24ClN3/c1-27-24(15-18-5-3-2-4-6-18)20-9-7-19(8-10-20)17-29-23-13-14-28-25-16-21(26)11-12-22(23)25/h2-14,16,24,27H,15,17H2,1H3,(H,28,29). The SMILES string of the molecule is CNC(Cc1ccccc1)c1ccc(CNc2ccnc3cc(Cl)ccc23)cc1. The Hall–Kier alpha value is -2.88. The van der Waals surface area contributed by atoms with Crippen LogP contribution in [0.3, 0.4) is 0 Å². The summed E-state index contributed by atoms with van der Waals surface area (Å²) >= 11 is 6.08. The van der Waals surface area contributed by atoms with E-state index in [2.05, 4.69) is 70.2 Å². The predicted octanol–water partition coefficient (Wildman–Crippen LogP) is 6.00. The number of hydrogen-bond donors (Lipinski definition) is 2. The molecular weight excluding hydrogens is 378 g/mol. The number of aromatic nitrogens is 1. The van der Waals surface area contributed by atoms with Gasteiger partial charge in [0.15, 0.2) is 0 Å². The second kappa shape index (κ2) is 9.08. The lowest BCUT2D eigenvalue weighted by Crippen LogP contribution is -2.18. The van der Waals surface area contributed by atoms with Gasteiger partial charge in [0, 0.05) is 34.9 Å². The molecule has 0 saturated carbocycles. The van der Waals surface area contributed by atoms with Gasteiger partial charge in [-0.05, 0) is 54.4 Å². The molecule has 4 rings (SSSR count). The number of benzene rings is 3. The Balaban J connectivity index is 1.44. The highest BCUT2D eigenvalue weighted by Gasteiger charge is 2.10. The maximum Gasteiger partial charge on any atom is 0.0737 e. The van der Waals surface area contributed by atoms with Gasteiger partial charge >= 0.3 is 0 Å². The minimum atomic E-state index is 0.299. The van der Waals surface area contributed by atoms with E-state index in [0.717, 1.165) is 29.6 Å². The Morgan fingerprint density at radius 1 is 0.897 bits per heavy atom. The molecule has 4 aromatic rings. The van der Waals surface area contributed by atoms with E-state index in [1.807, 2.05) is 37.5 Å². The van der Waals surface area contributed by atoms with Crippen molar-refractivity contribution in [3.63, 3.8) is 0 Å². The Kier molecular flexibility index (Phi) is 6.09. The first-order valence-electron chi connectivity index (χ1n) is 9.81. The van der Waals surface area contributed by atoms with Crippen molar-refractivity contribution in [2.24, 2.45) is 0 Å². The lowest BCUT2D eigenvalue weighted by molar-refractivity contribution is 0.592. The highest BCUT2D eigenvalue weighted by atomic mass is 35.5. The molecule has 0 radical (unpaired) electrons. The number of pyridine rings is 1. The number of rotatable bonds is 7. The molecule has 0 spiro atoms. The summed E-state index contributed by atoms with van der Waals surface area (Å²) < 4.78 is 0. The molecule has 2 N–H and O–H groups in total. The zero-order chi connectivity index (χ0) is 20.1. The fourth-order valence-corrected chi connectivity index (χ4v) is 3.74. The topological polar surface area (TPSA) is 37.0 Å². The molecule has 4 heteroatoms. The van der Waals surface area contributed by atoms with Gasteiger partial charge in [-0.15, -0.1) is 0 Å². The van der Waals surface area contributed by atoms with E-state index >= 15 is 0 Å². The summed E-state index contributed by atoms with van der Waals surface area (Å²) in [7, 11) is 2.02. The lowest BCUT2D eigenvalue weighted by Gasteiger charge is -2.17. The first kappa shape index (κ1) is 19.4. The van der Waals surface area contributed by atoms with Crippen LogP contribution in [0.25, 0.3) is 10.9 Å². The van der Waals surface area contributed by atoms with Gasteiger partial charge in [-0.25, -0.2) is 0 Å². The Morgan fingerprint density at radius 2 is 1.69 bits per heavy atom. The molecule has 1 aromatic heterocycles. The van der Waals surface area contributed by atoms with E-state index in [-0.39, 0.29) is 0 Å². The summed E-state index contributed by atoms with van der Waals surface area (Å²) in [6.45, 7) is 0.755. The molecule has 1 heterocycles. The maximum atomic E-state index is 6.08. The van der Waals surface area contributed by atoms with Crippen LogP contribution in [0.1, 0.15) is 22.7 Å². The van der Waals surface area contributed by atoms with Crippen LogP contribution in [-0.2, 0) is 13.0 Å². The Morgan fingerprint density at radius 3 is 2.45 bits per heavy atom. The zero-order valence-electron chi connectivity index (χ0n) is 16.4. The largest absolute Gasteiger partial charge is 0.380 e. The van der Waals surface area contributed by atoms with Crippen molar-refractivity contribution in [3.8, 4) is 0 Å². The number of anilines is 1. The summed E-state index contributed by atoms with van der Waals surface area (Å²) in [5.41, 5.74) is 5.83. The zero-order valence-corrected chi connectivity index (χ0v) is 17.2. The molecule has 0 amide bonds. The van der Waals surface area contributed by atoms with Gasteiger partial charge in [0.1, 0.15) is 0 Å². The molecular formula is C25H24ClN3. The number of nitrogens with zero attached hydrogens (tertiary/aromatic N) is 1. The first-order valence-corrected chi connectivity index (χ1v) is 10.2. The van der Waals surface area contributed by atoms with E-state index in [9.17, 15) is 0 Å². The minimum Gasteiger partial charge on any atom is -0.380 e. The fraction of sp³-hybridized carbons (Fsp3) is 0.160. The molecule has 3 nitrogen and oxygen atoms in total. The quantitative estimate of drug-likeness (QED) is 0.398. The summed E-state index contributed by atoms with van der Waals surface area (Å²) in [5.74, 6) is 0. The number of nitrogens with one attached hydrogen (secondary N) is 2. The van der Waals surface area contributed by atoms with Crippen molar-refractivity contribution in [1.82, 2.24) is 10.3 Å². The van der Waals surface area contributed by atoms with Crippen LogP contribution in [0, 0.1) is 0 Å². The van der Waals surface area contributed by atoms with Crippen molar-refractivity contribution in [2.45, 2.75) is 19.0 Å². The van der Waals surface area contributed by atoms with Gasteiger partial charge in [0.25, 0.3) is 0 Å². The lowest BCUT2D eigenvalue weighted by atomic mass is 9.98. The number of hydrogen-bond acceptors (Lipinski definition) is 3. The molecule has 0 bridgehead atoms. The molecule has 0 saturated heterocycles. The average Bonchev–Trinajstić information content (AvgIpc) is 2.77. The van der Waals surface area contributed by atoms with Crippen LogP contribution >= 0.6 is 11.6 Å². The molecule has 146 valence electrons. The van der Waals surface area contributed by atoms with E-state index in [1.54, 1.807) is 0 Å². The second-order valence-electron chi connectivity index (χ2n) is 7.15. The number of likely N-dealkylation sites (N-methyl/N-ethyl adjacent to an activating group) is 1. The van der Waals surface area contributed by atoms with Gasteiger partial charge in [-0.1, -0.05) is 66.2 Å². The Labute approximate surface area is 176 Å². The molecule has 0 aliphatic carbocycles. The molecule has 0 aliphatic heterocycles. The molecule has 0 aliphatic rings. The Bertz CT molecular complexity index is 1080. The summed E-state index contributed by atoms with van der Waals surface area (Å²) in [4.78, 5) is 4.40. The molecule has 1 unspecified atom stereocenters. The fourth-order valence-electron chi connectivity index (χ4n) is 3.58. The van der Waals surface area contributed by atoms with Crippen molar-refractivity contribution in [3.05, 3.63) is 107 Å². The van der Waals surface area contributed by atoms with Crippen molar-refractivity contribution < 1.29 is 0 Å². The molecule has 0 fully saturated rings. The van der Waals surface area contributed by atoms with Gasteiger partial charge in [0.2, 0.25) is 0 Å². The van der Waals surface area contributed by atoms with Crippen LogP contribution in [0.2, 0.25) is 5.02 Å². The van der Waals surface area contributed by atoms with Gasteiger partial charge in [-0.3, -0.25) is 4.98 Å². The molecule has 3 aromatic carbocycles. The van der Waals surface area contributed by atoms with Gasteiger partial charge in [-0.2, -0.15) is 0 Å². The van der Waals surface area contributed by atoms with E-state index in [1.165, 1.54) is 16.7 Å². The van der Waals surface area contributed by atoms with E-state index in [0.29, 0.717) is 11.1 Å². The average molecular weight is 402 g/mol. The highest BCUT2D eigenvalue weighted by Crippen LogP contribution is 2.25. The normalized spacial score (nSPS) is 12.1. The van der Waals surface area contributed by atoms with Crippen LogP contribution in [0.5, 0.6) is 0 Å². The number of fused-ring (bicyclic) bond motifs is 1. The maximum absolute atomic E-state index is 6.08. The molecule has 1 atom stereocenters. The first-order chi connectivity index (χ1) is 14.2. The summed E-state index contributed by atoms with van der Waals surface area (Å²) in [5, 5.41) is 8.74. The van der Waals surface area contributed by atoms with Crippen molar-refractivity contribution in [2.75, 3.05) is 12.4 Å². The van der Waals surface area contributed by atoms with Crippen molar-refractivity contribution >= 4 is 28.2 Å². The minimum absolute atomic E-state index is 0.299. The highest BCUT2D eigenvalue weighted by molar-refractivity contribution is 6.31. The van der Waals surface area contributed by atoms with Crippen LogP contribution in [-0.4, -0.2) is 12.0 Å². The predicted molar refractivity (Wildman–Crippen MR) is 122 cm³/mol. The third kappa shape index (κ3) is 4.76. The summed E-state index contributed by atoms with van der Waals surface area (Å²) in [6, 6.07) is 27.5. The number of halogens is 1.